The maximum atomic E-state index is 11.7. The van der Waals surface area contributed by atoms with Crippen molar-refractivity contribution in [2.45, 2.75) is 0 Å². The van der Waals surface area contributed by atoms with E-state index in [2.05, 4.69) is 5.10 Å². The molecule has 0 saturated heterocycles. The van der Waals surface area contributed by atoms with Gasteiger partial charge in [0.05, 0.1) is 0 Å². The lowest BCUT2D eigenvalue weighted by molar-refractivity contribution is 0.0441. The van der Waals surface area contributed by atoms with E-state index in [1.807, 2.05) is 0 Å². The van der Waals surface area contributed by atoms with Crippen LogP contribution in [0.3, 0.4) is 0 Å². The Morgan fingerprint density at radius 1 is 1.29 bits per heavy atom. The highest BCUT2D eigenvalue weighted by atomic mass is 35.5. The van der Waals surface area contributed by atoms with Crippen LogP contribution in [-0.4, -0.2) is 29.0 Å². The lowest BCUT2D eigenvalue weighted by Gasteiger charge is -2.07. The van der Waals surface area contributed by atoms with Crippen molar-refractivity contribution in [1.29, 1.82) is 0 Å². The van der Waals surface area contributed by atoms with E-state index >= 15 is 0 Å². The minimum Gasteiger partial charge on any atom is -0.490 e. The molecular formula is C14H13ClN2O4. The maximum Gasteiger partial charge on any atom is 0.358 e. The number of rotatable bonds is 5. The fourth-order valence-corrected chi connectivity index (χ4v) is 1.72. The van der Waals surface area contributed by atoms with E-state index < -0.39 is 5.97 Å². The molecule has 0 N–H and O–H groups in total. The SMILES string of the molecule is Cn1nc(C(=O)OCCOc2cccc(Cl)c2)ccc1=O. The van der Waals surface area contributed by atoms with Gasteiger partial charge in [0.1, 0.15) is 19.0 Å². The summed E-state index contributed by atoms with van der Waals surface area (Å²) in [5.41, 5.74) is -0.226. The topological polar surface area (TPSA) is 70.4 Å². The van der Waals surface area contributed by atoms with Gasteiger partial charge in [0.2, 0.25) is 0 Å². The highest BCUT2D eigenvalue weighted by molar-refractivity contribution is 6.30. The second-order valence-electron chi connectivity index (χ2n) is 4.12. The average Bonchev–Trinajstić information content (AvgIpc) is 2.46. The molecule has 7 heteroatoms. The van der Waals surface area contributed by atoms with E-state index in [0.717, 1.165) is 4.68 Å². The maximum absolute atomic E-state index is 11.7. The number of carbonyl (C=O) groups is 1. The highest BCUT2D eigenvalue weighted by Gasteiger charge is 2.09. The number of aromatic nitrogens is 2. The molecule has 110 valence electrons. The van der Waals surface area contributed by atoms with Crippen LogP contribution < -0.4 is 10.3 Å². The third kappa shape index (κ3) is 4.32. The fraction of sp³-hybridized carbons (Fsp3) is 0.214. The van der Waals surface area contributed by atoms with E-state index in [0.29, 0.717) is 10.8 Å². The van der Waals surface area contributed by atoms with Crippen LogP contribution in [0.15, 0.2) is 41.2 Å². The summed E-state index contributed by atoms with van der Waals surface area (Å²) in [6.45, 7) is 0.258. The Morgan fingerprint density at radius 3 is 2.81 bits per heavy atom. The van der Waals surface area contributed by atoms with Gasteiger partial charge >= 0.3 is 5.97 Å². The molecule has 6 nitrogen and oxygen atoms in total. The number of ether oxygens (including phenoxy) is 2. The van der Waals surface area contributed by atoms with Crippen LogP contribution >= 0.6 is 11.6 Å². The number of benzene rings is 1. The van der Waals surface area contributed by atoms with Crippen molar-refractivity contribution < 1.29 is 14.3 Å². The fourth-order valence-electron chi connectivity index (χ4n) is 1.54. The van der Waals surface area contributed by atoms with Crippen molar-refractivity contribution in [3.05, 3.63) is 57.5 Å². The quantitative estimate of drug-likeness (QED) is 0.621. The highest BCUT2D eigenvalue weighted by Crippen LogP contribution is 2.16. The number of hydrogen-bond acceptors (Lipinski definition) is 5. The van der Waals surface area contributed by atoms with Gasteiger partial charge in [-0.2, -0.15) is 5.10 Å². The van der Waals surface area contributed by atoms with E-state index in [4.69, 9.17) is 21.1 Å². The predicted molar refractivity (Wildman–Crippen MR) is 76.7 cm³/mol. The molecule has 1 heterocycles. The van der Waals surface area contributed by atoms with E-state index in [1.165, 1.54) is 19.2 Å². The molecule has 0 amide bonds. The van der Waals surface area contributed by atoms with Crippen LogP contribution in [-0.2, 0) is 11.8 Å². The molecule has 2 aromatic rings. The lowest BCUT2D eigenvalue weighted by Crippen LogP contribution is -2.22. The first kappa shape index (κ1) is 15.1. The van der Waals surface area contributed by atoms with Gasteiger partial charge in [-0.15, -0.1) is 0 Å². The standard InChI is InChI=1S/C14H13ClN2O4/c1-17-13(18)6-5-12(16-17)14(19)21-8-7-20-11-4-2-3-10(15)9-11/h2-6,9H,7-8H2,1H3. The summed E-state index contributed by atoms with van der Waals surface area (Å²) in [5, 5.41) is 4.36. The van der Waals surface area contributed by atoms with Gasteiger partial charge in [0, 0.05) is 18.1 Å². The Morgan fingerprint density at radius 2 is 2.10 bits per heavy atom. The van der Waals surface area contributed by atoms with E-state index in [9.17, 15) is 9.59 Å². The summed E-state index contributed by atoms with van der Waals surface area (Å²) in [7, 11) is 1.46. The smallest absolute Gasteiger partial charge is 0.358 e. The normalized spacial score (nSPS) is 10.2. The zero-order valence-electron chi connectivity index (χ0n) is 11.3. The molecule has 0 aliphatic heterocycles. The molecular weight excluding hydrogens is 296 g/mol. The van der Waals surface area contributed by atoms with Crippen LogP contribution in [0.25, 0.3) is 0 Å². The van der Waals surface area contributed by atoms with Gasteiger partial charge in [0.15, 0.2) is 5.69 Å². The number of esters is 1. The van der Waals surface area contributed by atoms with Gasteiger partial charge in [0.25, 0.3) is 5.56 Å². The number of halogens is 1. The van der Waals surface area contributed by atoms with E-state index in [-0.39, 0.29) is 24.5 Å². The van der Waals surface area contributed by atoms with Crippen molar-refractivity contribution in [1.82, 2.24) is 9.78 Å². The molecule has 0 aliphatic carbocycles. The number of hydrogen-bond donors (Lipinski definition) is 0. The molecule has 0 spiro atoms. The van der Waals surface area contributed by atoms with Gasteiger partial charge < -0.3 is 9.47 Å². The van der Waals surface area contributed by atoms with E-state index in [1.54, 1.807) is 24.3 Å². The monoisotopic (exact) mass is 308 g/mol. The van der Waals surface area contributed by atoms with Crippen molar-refractivity contribution in [2.75, 3.05) is 13.2 Å². The summed E-state index contributed by atoms with van der Waals surface area (Å²) in [4.78, 5) is 22.9. The zero-order chi connectivity index (χ0) is 15.2. The predicted octanol–water partition coefficient (Wildman–Crippen LogP) is 1.67. The summed E-state index contributed by atoms with van der Waals surface area (Å²) in [6.07, 6.45) is 0. The summed E-state index contributed by atoms with van der Waals surface area (Å²) >= 11 is 5.81. The Labute approximate surface area is 125 Å². The molecule has 0 bridgehead atoms. The third-order valence-corrected chi connectivity index (χ3v) is 2.79. The first-order valence-corrected chi connectivity index (χ1v) is 6.54. The molecule has 0 atom stereocenters. The van der Waals surface area contributed by atoms with Crippen molar-refractivity contribution in [2.24, 2.45) is 7.05 Å². The molecule has 0 unspecified atom stereocenters. The summed E-state index contributed by atoms with van der Waals surface area (Å²) < 4.78 is 11.4. The van der Waals surface area contributed by atoms with Crippen molar-refractivity contribution in [3.63, 3.8) is 0 Å². The molecule has 1 aromatic carbocycles. The van der Waals surface area contributed by atoms with Gasteiger partial charge in [-0.25, -0.2) is 9.48 Å². The third-order valence-electron chi connectivity index (χ3n) is 2.55. The average molecular weight is 309 g/mol. The molecule has 1 aromatic heterocycles. The van der Waals surface area contributed by atoms with Gasteiger partial charge in [-0.05, 0) is 24.3 Å². The van der Waals surface area contributed by atoms with Crippen LogP contribution in [0.5, 0.6) is 5.75 Å². The number of aryl methyl sites for hydroxylation is 1. The minimum atomic E-state index is -0.611. The Balaban J connectivity index is 1.81. The molecule has 21 heavy (non-hydrogen) atoms. The van der Waals surface area contributed by atoms with Crippen molar-refractivity contribution in [3.8, 4) is 5.75 Å². The Bertz CT molecular complexity index is 699. The second-order valence-corrected chi connectivity index (χ2v) is 4.56. The largest absolute Gasteiger partial charge is 0.490 e. The first-order valence-electron chi connectivity index (χ1n) is 6.16. The Hall–Kier alpha value is -2.34. The van der Waals surface area contributed by atoms with Crippen LogP contribution in [0.1, 0.15) is 10.5 Å². The first-order chi connectivity index (χ1) is 10.1. The Kier molecular flexibility index (Phi) is 4.94. The van der Waals surface area contributed by atoms with Crippen LogP contribution in [0.4, 0.5) is 0 Å². The molecule has 0 aliphatic rings. The van der Waals surface area contributed by atoms with Gasteiger partial charge in [-0.1, -0.05) is 17.7 Å². The number of nitrogens with zero attached hydrogens (tertiary/aromatic N) is 2. The summed E-state index contributed by atoms with van der Waals surface area (Å²) in [5.74, 6) is -0.0147. The zero-order valence-corrected chi connectivity index (χ0v) is 12.0. The molecule has 0 saturated carbocycles. The molecule has 2 rings (SSSR count). The van der Waals surface area contributed by atoms with Crippen LogP contribution in [0.2, 0.25) is 5.02 Å². The second kappa shape index (κ2) is 6.90. The van der Waals surface area contributed by atoms with Gasteiger partial charge in [-0.3, -0.25) is 4.79 Å². The van der Waals surface area contributed by atoms with Crippen LogP contribution in [0, 0.1) is 0 Å². The summed E-state index contributed by atoms with van der Waals surface area (Å²) in [6, 6.07) is 9.49. The number of carbonyl (C=O) groups excluding carboxylic acids is 1. The lowest BCUT2D eigenvalue weighted by atomic mass is 10.3. The minimum absolute atomic E-state index is 0.0653. The molecule has 0 radical (unpaired) electrons. The van der Waals surface area contributed by atoms with Crippen molar-refractivity contribution >= 4 is 17.6 Å². The molecule has 0 fully saturated rings.